The second-order valence-electron chi connectivity index (χ2n) is 4.22. The number of rotatable bonds is 3. The number of hydrogen-bond acceptors (Lipinski definition) is 3. The first-order valence-corrected chi connectivity index (χ1v) is 5.43. The van der Waals surface area contributed by atoms with Gasteiger partial charge in [0.25, 0.3) is 0 Å². The molecule has 1 aliphatic heterocycles. The van der Waals surface area contributed by atoms with Crippen molar-refractivity contribution >= 4 is 0 Å². The van der Waals surface area contributed by atoms with Crippen molar-refractivity contribution < 1.29 is 26.3 Å². The number of alkyl halides is 6. The van der Waals surface area contributed by atoms with Crippen LogP contribution in [0.25, 0.3) is 0 Å². The molecule has 1 rings (SSSR count). The molecule has 0 aliphatic carbocycles. The highest BCUT2D eigenvalue weighted by atomic mass is 19.4. The van der Waals surface area contributed by atoms with E-state index in [4.69, 9.17) is 5.73 Å². The fourth-order valence-corrected chi connectivity index (χ4v) is 1.98. The van der Waals surface area contributed by atoms with E-state index in [1.54, 1.807) is 0 Å². The van der Waals surface area contributed by atoms with E-state index < -0.39 is 31.5 Å². The van der Waals surface area contributed by atoms with E-state index in [9.17, 15) is 26.3 Å². The van der Waals surface area contributed by atoms with Crippen molar-refractivity contribution in [2.75, 3.05) is 39.3 Å². The lowest BCUT2D eigenvalue weighted by molar-refractivity contribution is -0.189. The van der Waals surface area contributed by atoms with Gasteiger partial charge < -0.3 is 5.73 Å². The maximum atomic E-state index is 12.6. The summed E-state index contributed by atoms with van der Waals surface area (Å²) < 4.78 is 74.0. The zero-order valence-corrected chi connectivity index (χ0v) is 9.56. The number of hydrogen-bond donors (Lipinski definition) is 1. The van der Waals surface area contributed by atoms with Gasteiger partial charge >= 0.3 is 12.4 Å². The standard InChI is InChI=1S/C9H15F6N3/c10-8(11,12)6-17-1-3-18(4-2-17)7(5-16)9(13,14)15/h7H,1-6,16H2. The van der Waals surface area contributed by atoms with Crippen LogP contribution in [0.15, 0.2) is 0 Å². The van der Waals surface area contributed by atoms with E-state index in [0.29, 0.717) is 0 Å². The lowest BCUT2D eigenvalue weighted by Gasteiger charge is -2.39. The number of halogens is 6. The molecule has 1 aliphatic rings. The van der Waals surface area contributed by atoms with Crippen LogP contribution in [-0.2, 0) is 0 Å². The lowest BCUT2D eigenvalue weighted by atomic mass is 10.2. The zero-order valence-electron chi connectivity index (χ0n) is 9.56. The van der Waals surface area contributed by atoms with Crippen molar-refractivity contribution in [3.8, 4) is 0 Å². The van der Waals surface area contributed by atoms with Crippen LogP contribution in [-0.4, -0.2) is 67.5 Å². The van der Waals surface area contributed by atoms with Crippen LogP contribution < -0.4 is 5.73 Å². The number of nitrogens with zero attached hydrogens (tertiary/aromatic N) is 2. The third-order valence-electron chi connectivity index (χ3n) is 2.85. The van der Waals surface area contributed by atoms with Crippen molar-refractivity contribution in [1.82, 2.24) is 9.80 Å². The molecule has 0 bridgehead atoms. The molecule has 2 N–H and O–H groups in total. The molecular weight excluding hydrogens is 264 g/mol. The Balaban J connectivity index is 2.48. The van der Waals surface area contributed by atoms with Gasteiger partial charge in [0.05, 0.1) is 6.54 Å². The average molecular weight is 279 g/mol. The maximum absolute atomic E-state index is 12.6. The highest BCUT2D eigenvalue weighted by Crippen LogP contribution is 2.25. The molecule has 0 aromatic carbocycles. The zero-order chi connectivity index (χ0) is 14.0. The van der Waals surface area contributed by atoms with Crippen LogP contribution in [0, 0.1) is 0 Å². The Morgan fingerprint density at radius 1 is 0.944 bits per heavy atom. The molecular formula is C9H15F6N3. The second-order valence-corrected chi connectivity index (χ2v) is 4.22. The molecule has 0 radical (unpaired) electrons. The van der Waals surface area contributed by atoms with Crippen LogP contribution in [0.3, 0.4) is 0 Å². The first kappa shape index (κ1) is 15.5. The minimum absolute atomic E-state index is 0.0356. The molecule has 1 unspecified atom stereocenters. The van der Waals surface area contributed by atoms with E-state index in [1.165, 1.54) is 0 Å². The Hall–Kier alpha value is -0.540. The molecule has 1 saturated heterocycles. The Labute approximate surface area is 101 Å². The molecule has 1 atom stereocenters. The van der Waals surface area contributed by atoms with Crippen LogP contribution >= 0.6 is 0 Å². The molecule has 108 valence electrons. The number of piperazine rings is 1. The summed E-state index contributed by atoms with van der Waals surface area (Å²) in [7, 11) is 0. The van der Waals surface area contributed by atoms with Gasteiger partial charge in [-0.15, -0.1) is 0 Å². The summed E-state index contributed by atoms with van der Waals surface area (Å²) in [5.41, 5.74) is 5.07. The van der Waals surface area contributed by atoms with Gasteiger partial charge in [0, 0.05) is 32.7 Å². The molecule has 18 heavy (non-hydrogen) atoms. The summed E-state index contributed by atoms with van der Waals surface area (Å²) in [6, 6.07) is -1.77. The largest absolute Gasteiger partial charge is 0.405 e. The second kappa shape index (κ2) is 5.62. The Bertz CT molecular complexity index is 256. The Kier molecular flexibility index (Phi) is 4.84. The monoisotopic (exact) mass is 279 g/mol. The Morgan fingerprint density at radius 3 is 1.78 bits per heavy atom. The summed E-state index contributed by atoms with van der Waals surface area (Å²) in [5, 5.41) is 0. The van der Waals surface area contributed by atoms with Crippen LogP contribution in [0.1, 0.15) is 0 Å². The topological polar surface area (TPSA) is 32.5 Å². The van der Waals surface area contributed by atoms with E-state index in [1.807, 2.05) is 0 Å². The molecule has 3 nitrogen and oxygen atoms in total. The van der Waals surface area contributed by atoms with Crippen molar-refractivity contribution in [1.29, 1.82) is 0 Å². The predicted molar refractivity (Wildman–Crippen MR) is 53.0 cm³/mol. The summed E-state index contributed by atoms with van der Waals surface area (Å²) in [4.78, 5) is 2.19. The van der Waals surface area contributed by atoms with Crippen LogP contribution in [0.5, 0.6) is 0 Å². The summed E-state index contributed by atoms with van der Waals surface area (Å²) in [5.74, 6) is 0. The maximum Gasteiger partial charge on any atom is 0.405 e. The summed E-state index contributed by atoms with van der Waals surface area (Å²) in [6.45, 7) is -1.85. The van der Waals surface area contributed by atoms with Gasteiger partial charge in [-0.1, -0.05) is 0 Å². The van der Waals surface area contributed by atoms with Gasteiger partial charge in [0.1, 0.15) is 6.04 Å². The third kappa shape index (κ3) is 4.62. The normalized spacial score (nSPS) is 22.2. The van der Waals surface area contributed by atoms with Crippen molar-refractivity contribution in [2.45, 2.75) is 18.4 Å². The first-order chi connectivity index (χ1) is 8.13. The van der Waals surface area contributed by atoms with Crippen molar-refractivity contribution in [3.05, 3.63) is 0 Å². The van der Waals surface area contributed by atoms with E-state index in [0.717, 1.165) is 9.80 Å². The van der Waals surface area contributed by atoms with E-state index in [-0.39, 0.29) is 26.2 Å². The smallest absolute Gasteiger partial charge is 0.329 e. The highest BCUT2D eigenvalue weighted by Gasteiger charge is 2.43. The van der Waals surface area contributed by atoms with Gasteiger partial charge in [0.2, 0.25) is 0 Å². The minimum atomic E-state index is -4.44. The van der Waals surface area contributed by atoms with Gasteiger partial charge in [-0.2, -0.15) is 26.3 Å². The highest BCUT2D eigenvalue weighted by molar-refractivity contribution is 4.84. The molecule has 0 spiro atoms. The van der Waals surface area contributed by atoms with Crippen LogP contribution in [0.4, 0.5) is 26.3 Å². The molecule has 1 heterocycles. The first-order valence-electron chi connectivity index (χ1n) is 5.43. The average Bonchev–Trinajstić information content (AvgIpc) is 2.17. The lowest BCUT2D eigenvalue weighted by Crippen LogP contribution is -2.58. The predicted octanol–water partition coefficient (Wildman–Crippen LogP) is 1.06. The molecule has 0 amide bonds. The van der Waals surface area contributed by atoms with Gasteiger partial charge in [-0.3, -0.25) is 9.80 Å². The van der Waals surface area contributed by atoms with Gasteiger partial charge in [0.15, 0.2) is 0 Å². The molecule has 9 heteroatoms. The van der Waals surface area contributed by atoms with Gasteiger partial charge in [-0.05, 0) is 0 Å². The van der Waals surface area contributed by atoms with E-state index in [2.05, 4.69) is 0 Å². The van der Waals surface area contributed by atoms with Crippen molar-refractivity contribution in [3.63, 3.8) is 0 Å². The fraction of sp³-hybridized carbons (Fsp3) is 1.00. The molecule has 0 aromatic rings. The summed E-state index contributed by atoms with van der Waals surface area (Å²) >= 11 is 0. The third-order valence-corrected chi connectivity index (χ3v) is 2.85. The van der Waals surface area contributed by atoms with Crippen molar-refractivity contribution in [2.24, 2.45) is 5.73 Å². The molecule has 1 fully saturated rings. The number of nitrogens with two attached hydrogens (primary N) is 1. The fourth-order valence-electron chi connectivity index (χ4n) is 1.98. The minimum Gasteiger partial charge on any atom is -0.329 e. The van der Waals surface area contributed by atoms with Crippen LogP contribution in [0.2, 0.25) is 0 Å². The molecule has 0 saturated carbocycles. The van der Waals surface area contributed by atoms with Gasteiger partial charge in [-0.25, -0.2) is 0 Å². The quantitative estimate of drug-likeness (QED) is 0.784. The molecule has 0 aromatic heterocycles. The Morgan fingerprint density at radius 2 is 1.44 bits per heavy atom. The summed E-state index contributed by atoms with van der Waals surface area (Å²) in [6.07, 6.45) is -8.76. The van der Waals surface area contributed by atoms with E-state index >= 15 is 0 Å². The SMILES string of the molecule is NCC(N1CCN(CC(F)(F)F)CC1)C(F)(F)F.